The van der Waals surface area contributed by atoms with Gasteiger partial charge in [0.2, 0.25) is 5.15 Å². The molecular formula is C14H17ClN4O2S. The highest BCUT2D eigenvalue weighted by atomic mass is 35.5. The molecule has 0 aliphatic rings. The zero-order valence-electron chi connectivity index (χ0n) is 12.8. The molecule has 1 heterocycles. The van der Waals surface area contributed by atoms with Crippen molar-refractivity contribution in [2.24, 2.45) is 0 Å². The number of hydrogen-bond donors (Lipinski definition) is 0. The Morgan fingerprint density at radius 3 is 2.23 bits per heavy atom. The third-order valence-electron chi connectivity index (χ3n) is 2.62. The maximum absolute atomic E-state index is 12.4. The highest BCUT2D eigenvalue weighted by Gasteiger charge is 2.31. The van der Waals surface area contributed by atoms with E-state index in [1.165, 1.54) is 14.1 Å². The van der Waals surface area contributed by atoms with Gasteiger partial charge in [0.25, 0.3) is 0 Å². The summed E-state index contributed by atoms with van der Waals surface area (Å²) in [6.07, 6.45) is 0. The number of aromatic nitrogens is 2. The van der Waals surface area contributed by atoms with Crippen molar-refractivity contribution in [3.63, 3.8) is 0 Å². The third kappa shape index (κ3) is 3.30. The second kappa shape index (κ2) is 7.40. The average Bonchev–Trinajstić information content (AvgIpc) is 2.87. The summed E-state index contributed by atoms with van der Waals surface area (Å²) in [4.78, 5) is 6.96. The topological polar surface area (TPSA) is 59.6 Å². The Hall–Kier alpha value is -1.88. The van der Waals surface area contributed by atoms with Gasteiger partial charge in [-0.15, -0.1) is 11.6 Å². The van der Waals surface area contributed by atoms with E-state index in [1.54, 1.807) is 30.3 Å². The van der Waals surface area contributed by atoms with Gasteiger partial charge in [0.15, 0.2) is 5.69 Å². The van der Waals surface area contributed by atoms with Gasteiger partial charge in [-0.3, -0.25) is 0 Å². The van der Waals surface area contributed by atoms with E-state index in [-0.39, 0.29) is 16.8 Å². The summed E-state index contributed by atoms with van der Waals surface area (Å²) in [6.45, 7) is 11.1. The van der Waals surface area contributed by atoms with Crippen LogP contribution in [0.15, 0.2) is 30.3 Å². The van der Waals surface area contributed by atoms with Crippen LogP contribution in [0.3, 0.4) is 0 Å². The Kier molecular flexibility index (Phi) is 6.11. The molecule has 0 unspecified atom stereocenters. The molecule has 0 radical (unpaired) electrons. The molecule has 0 saturated heterocycles. The molecular weight excluding hydrogens is 324 g/mol. The summed E-state index contributed by atoms with van der Waals surface area (Å²) in [5.74, 6) is -0.289. The van der Waals surface area contributed by atoms with Crippen molar-refractivity contribution in [1.82, 2.24) is 13.3 Å². The second-order valence-corrected chi connectivity index (χ2v) is 6.43. The van der Waals surface area contributed by atoms with Gasteiger partial charge >= 0.3 is 16.2 Å². The summed E-state index contributed by atoms with van der Waals surface area (Å²) in [5, 5.41) is -0.0207. The molecule has 0 aliphatic carbocycles. The van der Waals surface area contributed by atoms with Crippen LogP contribution < -0.4 is 0 Å². The minimum Gasteiger partial charge on any atom is -0.396 e. The number of rotatable bonds is 3. The molecule has 1 aromatic heterocycles. The largest absolute Gasteiger partial charge is 0.396 e. The predicted molar refractivity (Wildman–Crippen MR) is 88.3 cm³/mol. The normalized spacial score (nSPS) is 10.8. The summed E-state index contributed by atoms with van der Waals surface area (Å²) in [6, 6.07) is 8.72. The first kappa shape index (κ1) is 18.2. The lowest BCUT2D eigenvalue weighted by Crippen LogP contribution is -2.29. The first-order valence-corrected chi connectivity index (χ1v) is 8.31. The molecule has 0 N–H and O–H groups in total. The van der Waals surface area contributed by atoms with Gasteiger partial charge in [-0.2, -0.15) is 16.7 Å². The zero-order chi connectivity index (χ0) is 16.9. The molecule has 0 atom stereocenters. The fourth-order valence-electron chi connectivity index (χ4n) is 1.65. The highest BCUT2D eigenvalue weighted by molar-refractivity contribution is 7.87. The average molecular weight is 341 g/mol. The molecule has 0 saturated carbocycles. The van der Waals surface area contributed by atoms with Crippen LogP contribution in [0.1, 0.15) is 13.8 Å². The van der Waals surface area contributed by atoms with E-state index in [1.807, 2.05) is 13.8 Å². The first-order valence-electron chi connectivity index (χ1n) is 6.53. The molecule has 0 aliphatic heterocycles. The van der Waals surface area contributed by atoms with Crippen LogP contribution in [0.25, 0.3) is 16.1 Å². The standard InChI is InChI=1S/C12H11ClN4O2S.C2H6/c1-14-12-15-11(13)10(9-7-5-4-6-8-9)17(12)20(18,19)16(2)3;1-2/h4-8H,2-3H3;1-2H3. The van der Waals surface area contributed by atoms with E-state index >= 15 is 0 Å². The predicted octanol–water partition coefficient (Wildman–Crippen LogP) is 3.43. The van der Waals surface area contributed by atoms with Crippen molar-refractivity contribution < 1.29 is 8.42 Å². The van der Waals surface area contributed by atoms with Crippen molar-refractivity contribution in [1.29, 1.82) is 0 Å². The maximum Gasteiger partial charge on any atom is 0.356 e. The third-order valence-corrected chi connectivity index (χ3v) is 4.61. The Morgan fingerprint density at radius 1 is 1.23 bits per heavy atom. The summed E-state index contributed by atoms with van der Waals surface area (Å²) < 4.78 is 26.6. The number of hydrogen-bond acceptors (Lipinski definition) is 3. The molecule has 118 valence electrons. The minimum absolute atomic E-state index is 0.0207. The minimum atomic E-state index is -3.89. The fourth-order valence-corrected chi connectivity index (χ4v) is 3.01. The quantitative estimate of drug-likeness (QED) is 0.804. The molecule has 2 aromatic rings. The van der Waals surface area contributed by atoms with Crippen LogP contribution >= 0.6 is 11.6 Å². The number of benzene rings is 1. The van der Waals surface area contributed by atoms with E-state index in [0.29, 0.717) is 5.56 Å². The smallest absolute Gasteiger partial charge is 0.356 e. The summed E-state index contributed by atoms with van der Waals surface area (Å²) in [7, 11) is -1.13. The number of halogens is 1. The Bertz CT molecular complexity index is 777. The Labute approximate surface area is 136 Å². The van der Waals surface area contributed by atoms with Gasteiger partial charge in [0.05, 0.1) is 0 Å². The van der Waals surface area contributed by atoms with Crippen molar-refractivity contribution in [2.75, 3.05) is 14.1 Å². The van der Waals surface area contributed by atoms with Crippen LogP contribution in [0.2, 0.25) is 5.15 Å². The molecule has 22 heavy (non-hydrogen) atoms. The van der Waals surface area contributed by atoms with E-state index in [0.717, 1.165) is 8.28 Å². The van der Waals surface area contributed by atoms with Gasteiger partial charge in [-0.25, -0.2) is 0 Å². The van der Waals surface area contributed by atoms with E-state index < -0.39 is 10.2 Å². The maximum atomic E-state index is 12.4. The Morgan fingerprint density at radius 2 is 1.77 bits per heavy atom. The van der Waals surface area contributed by atoms with Crippen LogP contribution in [0, 0.1) is 6.57 Å². The van der Waals surface area contributed by atoms with Crippen LogP contribution in [-0.4, -0.2) is 35.8 Å². The monoisotopic (exact) mass is 340 g/mol. The van der Waals surface area contributed by atoms with Gasteiger partial charge in [0, 0.05) is 19.7 Å². The van der Waals surface area contributed by atoms with E-state index in [4.69, 9.17) is 18.2 Å². The first-order chi connectivity index (χ1) is 10.4. The van der Waals surface area contributed by atoms with Gasteiger partial charge in [-0.1, -0.05) is 44.2 Å². The highest BCUT2D eigenvalue weighted by Crippen LogP contribution is 2.33. The summed E-state index contributed by atoms with van der Waals surface area (Å²) >= 11 is 6.02. The van der Waals surface area contributed by atoms with Crippen LogP contribution in [0.5, 0.6) is 0 Å². The SMILES string of the molecule is CC.[C-]#[N+]c1nc(Cl)c(-c2ccccc2)n1S(=O)(=O)N(C)C. The number of nitrogens with zero attached hydrogens (tertiary/aromatic N) is 4. The van der Waals surface area contributed by atoms with Crippen molar-refractivity contribution in [2.45, 2.75) is 13.8 Å². The van der Waals surface area contributed by atoms with Crippen LogP contribution in [-0.2, 0) is 10.2 Å². The lowest BCUT2D eigenvalue weighted by atomic mass is 10.2. The summed E-state index contributed by atoms with van der Waals surface area (Å²) in [5.41, 5.74) is 0.761. The Balaban J connectivity index is 0.00000116. The lowest BCUT2D eigenvalue weighted by Gasteiger charge is -2.13. The fraction of sp³-hybridized carbons (Fsp3) is 0.286. The molecule has 2 rings (SSSR count). The molecule has 0 amide bonds. The van der Waals surface area contributed by atoms with E-state index in [2.05, 4.69) is 9.83 Å². The number of imidazole rings is 1. The van der Waals surface area contributed by atoms with Gasteiger partial charge in [-0.05, 0) is 11.6 Å². The molecule has 1 aromatic carbocycles. The lowest BCUT2D eigenvalue weighted by molar-refractivity contribution is 0.512. The molecule has 6 nitrogen and oxygen atoms in total. The van der Waals surface area contributed by atoms with Crippen molar-refractivity contribution >= 4 is 27.8 Å². The molecule has 0 spiro atoms. The van der Waals surface area contributed by atoms with Gasteiger partial charge < -0.3 is 4.85 Å². The molecule has 0 fully saturated rings. The zero-order valence-corrected chi connectivity index (χ0v) is 14.4. The van der Waals surface area contributed by atoms with Crippen LogP contribution in [0.4, 0.5) is 5.95 Å². The second-order valence-electron chi connectivity index (χ2n) is 4.08. The van der Waals surface area contributed by atoms with Crippen molar-refractivity contribution in [3.8, 4) is 11.3 Å². The molecule has 8 heteroatoms. The van der Waals surface area contributed by atoms with Crippen molar-refractivity contribution in [3.05, 3.63) is 46.9 Å². The molecule has 0 bridgehead atoms. The van der Waals surface area contributed by atoms with Gasteiger partial charge in [0.1, 0.15) is 0 Å². The van der Waals surface area contributed by atoms with E-state index in [9.17, 15) is 8.42 Å².